The van der Waals surface area contributed by atoms with Crippen LogP contribution in [-0.4, -0.2) is 62.8 Å². The number of hydrogen-bond donors (Lipinski definition) is 1. The Morgan fingerprint density at radius 3 is 2.64 bits per heavy atom. The maximum absolute atomic E-state index is 12.4. The van der Waals surface area contributed by atoms with E-state index in [9.17, 15) is 4.79 Å². The molecule has 1 atom stereocenters. The van der Waals surface area contributed by atoms with Crippen LogP contribution in [0.15, 0.2) is 24.3 Å². The number of methoxy groups -OCH3 is 1. The summed E-state index contributed by atoms with van der Waals surface area (Å²) in [7, 11) is 5.60. The number of carbonyl (C=O) groups is 1. The van der Waals surface area contributed by atoms with Gasteiger partial charge in [0.1, 0.15) is 0 Å². The molecule has 0 bridgehead atoms. The highest BCUT2D eigenvalue weighted by molar-refractivity contribution is 6.31. The van der Waals surface area contributed by atoms with Crippen LogP contribution in [0.25, 0.3) is 0 Å². The fourth-order valence-electron chi connectivity index (χ4n) is 1.82. The van der Waals surface area contributed by atoms with Gasteiger partial charge >= 0.3 is 6.03 Å². The number of nitrogens with one attached hydrogen (secondary N) is 1. The van der Waals surface area contributed by atoms with Crippen molar-refractivity contribution in [1.29, 1.82) is 0 Å². The lowest BCUT2D eigenvalue weighted by atomic mass is 10.2. The molecule has 0 aliphatic heterocycles. The molecule has 1 aromatic rings. The Bertz CT molecular complexity index is 468. The summed E-state index contributed by atoms with van der Waals surface area (Å²) in [6.07, 6.45) is 0. The molecule has 0 saturated carbocycles. The summed E-state index contributed by atoms with van der Waals surface area (Å²) >= 11 is 6.18. The number of urea groups is 1. The Morgan fingerprint density at radius 1 is 1.36 bits per heavy atom. The molecule has 124 valence electrons. The average Bonchev–Trinajstić information content (AvgIpc) is 2.50. The van der Waals surface area contributed by atoms with Crippen molar-refractivity contribution >= 4 is 17.6 Å². The highest BCUT2D eigenvalue weighted by Gasteiger charge is 2.16. The van der Waals surface area contributed by atoms with Crippen LogP contribution in [0.2, 0.25) is 5.02 Å². The zero-order chi connectivity index (χ0) is 16.5. The molecule has 1 aromatic carbocycles. The van der Waals surface area contributed by atoms with Gasteiger partial charge in [0, 0.05) is 37.8 Å². The molecule has 0 radical (unpaired) electrons. The van der Waals surface area contributed by atoms with Crippen molar-refractivity contribution in [2.24, 2.45) is 0 Å². The molecule has 1 N–H and O–H groups in total. The molecule has 0 saturated heterocycles. The number of hydrogen-bond acceptors (Lipinski definition) is 3. The molecule has 2 amide bonds. The maximum Gasteiger partial charge on any atom is 0.317 e. The fourth-order valence-corrected chi connectivity index (χ4v) is 2.01. The molecule has 1 unspecified atom stereocenters. The number of benzene rings is 1. The topological polar surface area (TPSA) is 44.8 Å². The number of rotatable bonds is 8. The molecule has 0 spiro atoms. The average molecular weight is 328 g/mol. The van der Waals surface area contributed by atoms with Gasteiger partial charge in [-0.2, -0.15) is 0 Å². The summed E-state index contributed by atoms with van der Waals surface area (Å²) in [5.74, 6) is 0. The minimum absolute atomic E-state index is 0.106. The molecule has 0 aliphatic carbocycles. The molecule has 0 aliphatic rings. The van der Waals surface area contributed by atoms with Crippen LogP contribution in [0, 0.1) is 0 Å². The van der Waals surface area contributed by atoms with E-state index in [1.54, 1.807) is 12.0 Å². The van der Waals surface area contributed by atoms with Crippen LogP contribution in [0.1, 0.15) is 12.5 Å². The Balaban J connectivity index is 2.67. The van der Waals surface area contributed by atoms with Gasteiger partial charge in [-0.25, -0.2) is 4.79 Å². The maximum atomic E-state index is 12.4. The lowest BCUT2D eigenvalue weighted by Gasteiger charge is -2.26. The van der Waals surface area contributed by atoms with Crippen molar-refractivity contribution in [1.82, 2.24) is 15.1 Å². The Kier molecular flexibility index (Phi) is 8.24. The molecule has 22 heavy (non-hydrogen) atoms. The lowest BCUT2D eigenvalue weighted by molar-refractivity contribution is 0.145. The van der Waals surface area contributed by atoms with Gasteiger partial charge in [-0.15, -0.1) is 0 Å². The SMILES string of the molecule is COCCN(Cc1ccccc1Cl)C(=O)NCC(C)N(C)C. The molecular weight excluding hydrogens is 302 g/mol. The predicted molar refractivity (Wildman–Crippen MR) is 90.3 cm³/mol. The molecule has 5 nitrogen and oxygen atoms in total. The first-order valence-corrected chi connectivity index (χ1v) is 7.75. The summed E-state index contributed by atoms with van der Waals surface area (Å²) in [5, 5.41) is 3.63. The Labute approximate surface area is 138 Å². The minimum Gasteiger partial charge on any atom is -0.383 e. The molecule has 0 fully saturated rings. The molecule has 1 rings (SSSR count). The van der Waals surface area contributed by atoms with E-state index in [1.165, 1.54) is 0 Å². The number of nitrogens with zero attached hydrogens (tertiary/aromatic N) is 2. The first-order valence-electron chi connectivity index (χ1n) is 7.37. The standard InChI is InChI=1S/C16H26ClN3O2/c1-13(19(2)3)11-18-16(21)20(9-10-22-4)12-14-7-5-6-8-15(14)17/h5-8,13H,9-12H2,1-4H3,(H,18,21). The number of carbonyl (C=O) groups excluding carboxylic acids is 1. The van der Waals surface area contributed by atoms with Crippen LogP contribution in [0.3, 0.4) is 0 Å². The molecule has 0 aromatic heterocycles. The largest absolute Gasteiger partial charge is 0.383 e. The monoisotopic (exact) mass is 327 g/mol. The third-order valence-electron chi connectivity index (χ3n) is 3.60. The van der Waals surface area contributed by atoms with E-state index in [0.717, 1.165) is 5.56 Å². The van der Waals surface area contributed by atoms with Gasteiger partial charge in [-0.05, 0) is 32.6 Å². The first kappa shape index (κ1) is 18.7. The number of halogens is 1. The van der Waals surface area contributed by atoms with Crippen LogP contribution in [0.5, 0.6) is 0 Å². The highest BCUT2D eigenvalue weighted by Crippen LogP contribution is 2.17. The fraction of sp³-hybridized carbons (Fsp3) is 0.562. The van der Waals surface area contributed by atoms with Crippen molar-refractivity contribution in [3.63, 3.8) is 0 Å². The Morgan fingerprint density at radius 2 is 2.05 bits per heavy atom. The molecule has 0 heterocycles. The number of amides is 2. The van der Waals surface area contributed by atoms with E-state index in [-0.39, 0.29) is 12.1 Å². The van der Waals surface area contributed by atoms with Crippen LogP contribution in [-0.2, 0) is 11.3 Å². The lowest BCUT2D eigenvalue weighted by Crippen LogP contribution is -2.45. The third kappa shape index (κ3) is 6.22. The van der Waals surface area contributed by atoms with Crippen LogP contribution >= 0.6 is 11.6 Å². The van der Waals surface area contributed by atoms with E-state index in [2.05, 4.69) is 17.1 Å². The van der Waals surface area contributed by atoms with Crippen LogP contribution in [0.4, 0.5) is 4.79 Å². The van der Waals surface area contributed by atoms with Gasteiger partial charge < -0.3 is 19.9 Å². The molecule has 6 heteroatoms. The Hall–Kier alpha value is -1.30. The normalized spacial score (nSPS) is 12.3. The van der Waals surface area contributed by atoms with Gasteiger partial charge in [0.2, 0.25) is 0 Å². The molecular formula is C16H26ClN3O2. The summed E-state index contributed by atoms with van der Waals surface area (Å²) in [6, 6.07) is 7.72. The zero-order valence-corrected chi connectivity index (χ0v) is 14.6. The summed E-state index contributed by atoms with van der Waals surface area (Å²) < 4.78 is 5.09. The predicted octanol–water partition coefficient (Wildman–Crippen LogP) is 2.45. The van der Waals surface area contributed by atoms with Crippen LogP contribution < -0.4 is 5.32 Å². The van der Waals surface area contributed by atoms with E-state index >= 15 is 0 Å². The second-order valence-corrected chi connectivity index (χ2v) is 5.91. The second-order valence-electron chi connectivity index (χ2n) is 5.50. The summed E-state index contributed by atoms with van der Waals surface area (Å²) in [6.45, 7) is 4.13. The number of ether oxygens (including phenoxy) is 1. The smallest absolute Gasteiger partial charge is 0.317 e. The van der Waals surface area contributed by atoms with Crippen molar-refractivity contribution in [3.8, 4) is 0 Å². The third-order valence-corrected chi connectivity index (χ3v) is 3.97. The van der Waals surface area contributed by atoms with Crippen molar-refractivity contribution in [2.75, 3.05) is 40.9 Å². The van der Waals surface area contributed by atoms with Gasteiger partial charge in [0.25, 0.3) is 0 Å². The summed E-state index contributed by atoms with van der Waals surface area (Å²) in [5.41, 5.74) is 0.927. The first-order chi connectivity index (χ1) is 10.5. The highest BCUT2D eigenvalue weighted by atomic mass is 35.5. The van der Waals surface area contributed by atoms with Crippen molar-refractivity contribution in [2.45, 2.75) is 19.5 Å². The van der Waals surface area contributed by atoms with E-state index in [4.69, 9.17) is 16.3 Å². The number of likely N-dealkylation sites (N-methyl/N-ethyl adjacent to an activating group) is 1. The van der Waals surface area contributed by atoms with E-state index < -0.39 is 0 Å². The quantitative estimate of drug-likeness (QED) is 0.797. The van der Waals surface area contributed by atoms with Crippen molar-refractivity contribution < 1.29 is 9.53 Å². The van der Waals surface area contributed by atoms with Crippen molar-refractivity contribution in [3.05, 3.63) is 34.9 Å². The van der Waals surface area contributed by atoms with E-state index in [1.807, 2.05) is 38.4 Å². The van der Waals surface area contributed by atoms with Gasteiger partial charge in [0.15, 0.2) is 0 Å². The zero-order valence-electron chi connectivity index (χ0n) is 13.8. The van der Waals surface area contributed by atoms with Gasteiger partial charge in [-0.3, -0.25) is 0 Å². The summed E-state index contributed by atoms with van der Waals surface area (Å²) in [4.78, 5) is 16.2. The van der Waals surface area contributed by atoms with E-state index in [0.29, 0.717) is 31.3 Å². The minimum atomic E-state index is -0.106. The van der Waals surface area contributed by atoms with Gasteiger partial charge in [-0.1, -0.05) is 29.8 Å². The van der Waals surface area contributed by atoms with Gasteiger partial charge in [0.05, 0.1) is 6.61 Å². The second kappa shape index (κ2) is 9.66.